The lowest BCUT2D eigenvalue weighted by Gasteiger charge is -2.34. The second-order valence-corrected chi connectivity index (χ2v) is 7.16. The zero-order chi connectivity index (χ0) is 19.3. The summed E-state index contributed by atoms with van der Waals surface area (Å²) in [6.45, 7) is 9.62. The monoisotopic (exact) mass is 377 g/mol. The quantitative estimate of drug-likeness (QED) is 0.682. The zero-order valence-corrected chi connectivity index (χ0v) is 16.3. The largest absolute Gasteiger partial charge is 0.384 e. The molecule has 0 atom stereocenters. The first-order valence-electron chi connectivity index (χ1n) is 9.85. The summed E-state index contributed by atoms with van der Waals surface area (Å²) in [5.41, 5.74) is 9.03. The number of pyridine rings is 1. The highest BCUT2D eigenvalue weighted by Crippen LogP contribution is 2.20. The predicted octanol–water partition coefficient (Wildman–Crippen LogP) is 2.36. The highest BCUT2D eigenvalue weighted by Gasteiger charge is 2.16. The van der Waals surface area contributed by atoms with Gasteiger partial charge in [-0.2, -0.15) is 0 Å². The summed E-state index contributed by atoms with van der Waals surface area (Å²) < 4.78 is 0. The Balaban J connectivity index is 1.46. The second kappa shape index (κ2) is 8.50. The normalized spacial score (nSPS) is 15.8. The molecule has 4 rings (SSSR count). The topological polar surface area (TPSA) is 83.2 Å². The van der Waals surface area contributed by atoms with Crippen molar-refractivity contribution < 1.29 is 0 Å². The highest BCUT2D eigenvalue weighted by molar-refractivity contribution is 5.87. The Morgan fingerprint density at radius 1 is 0.964 bits per heavy atom. The van der Waals surface area contributed by atoms with Crippen LogP contribution in [0.3, 0.4) is 0 Å². The van der Waals surface area contributed by atoms with Gasteiger partial charge in [-0.25, -0.2) is 15.0 Å². The average molecular weight is 377 g/mol. The number of likely N-dealkylation sites (N-methyl/N-ethyl adjacent to an activating group) is 1. The van der Waals surface area contributed by atoms with Crippen molar-refractivity contribution in [3.05, 3.63) is 53.9 Å². The van der Waals surface area contributed by atoms with Crippen LogP contribution in [0.2, 0.25) is 0 Å². The standard InChI is InChI=1S/C21H27N7/c1-2-27-9-11-28(12-10-27)14-17-6-4-3-5-16(17)13-23-20-18-7-8-19(22)26-21(18)25-15-24-20/h3-8,15H,2,9-14H2,1H3,(H3,22,23,24,25,26). The van der Waals surface area contributed by atoms with E-state index >= 15 is 0 Å². The Morgan fingerprint density at radius 2 is 1.71 bits per heavy atom. The molecule has 0 saturated carbocycles. The smallest absolute Gasteiger partial charge is 0.166 e. The molecule has 0 unspecified atom stereocenters. The van der Waals surface area contributed by atoms with Gasteiger partial charge in [0.15, 0.2) is 5.65 Å². The SMILES string of the molecule is CCN1CCN(Cc2ccccc2CNc2ncnc3nc(N)ccc23)CC1. The van der Waals surface area contributed by atoms with E-state index in [1.165, 1.54) is 17.5 Å². The molecule has 0 spiro atoms. The van der Waals surface area contributed by atoms with Crippen molar-refractivity contribution >= 4 is 22.7 Å². The van der Waals surface area contributed by atoms with Gasteiger partial charge in [-0.05, 0) is 29.8 Å². The first-order chi connectivity index (χ1) is 13.7. The molecule has 2 aromatic heterocycles. The molecule has 28 heavy (non-hydrogen) atoms. The van der Waals surface area contributed by atoms with E-state index in [1.54, 1.807) is 6.07 Å². The third-order valence-electron chi connectivity index (χ3n) is 5.39. The Kier molecular flexibility index (Phi) is 5.64. The molecule has 1 aliphatic heterocycles. The molecule has 7 nitrogen and oxygen atoms in total. The van der Waals surface area contributed by atoms with Crippen molar-refractivity contribution in [1.82, 2.24) is 24.8 Å². The summed E-state index contributed by atoms with van der Waals surface area (Å²) in [5.74, 6) is 1.24. The van der Waals surface area contributed by atoms with E-state index in [1.807, 2.05) is 6.07 Å². The number of nitrogens with zero attached hydrogens (tertiary/aromatic N) is 5. The van der Waals surface area contributed by atoms with Crippen LogP contribution in [-0.2, 0) is 13.1 Å². The molecular weight excluding hydrogens is 350 g/mol. The number of fused-ring (bicyclic) bond motifs is 1. The van der Waals surface area contributed by atoms with Gasteiger partial charge in [-0.1, -0.05) is 31.2 Å². The van der Waals surface area contributed by atoms with Gasteiger partial charge in [-0.3, -0.25) is 4.90 Å². The maximum Gasteiger partial charge on any atom is 0.166 e. The number of benzene rings is 1. The molecule has 1 aliphatic rings. The van der Waals surface area contributed by atoms with Crippen LogP contribution in [0.5, 0.6) is 0 Å². The van der Waals surface area contributed by atoms with Crippen molar-refractivity contribution in [3.8, 4) is 0 Å². The van der Waals surface area contributed by atoms with Gasteiger partial charge >= 0.3 is 0 Å². The Bertz CT molecular complexity index is 935. The Morgan fingerprint density at radius 3 is 2.50 bits per heavy atom. The van der Waals surface area contributed by atoms with E-state index in [-0.39, 0.29) is 0 Å². The minimum atomic E-state index is 0.464. The molecule has 1 aromatic carbocycles. The fraction of sp³-hybridized carbons (Fsp3) is 0.381. The van der Waals surface area contributed by atoms with Crippen LogP contribution in [0.15, 0.2) is 42.7 Å². The van der Waals surface area contributed by atoms with Gasteiger partial charge in [-0.15, -0.1) is 0 Å². The van der Waals surface area contributed by atoms with Gasteiger partial charge in [0.2, 0.25) is 0 Å². The van der Waals surface area contributed by atoms with E-state index in [2.05, 4.69) is 61.3 Å². The molecule has 146 valence electrons. The summed E-state index contributed by atoms with van der Waals surface area (Å²) in [6, 6.07) is 12.3. The van der Waals surface area contributed by atoms with Gasteiger partial charge in [0, 0.05) is 39.3 Å². The number of hydrogen-bond acceptors (Lipinski definition) is 7. The number of piperazine rings is 1. The second-order valence-electron chi connectivity index (χ2n) is 7.16. The van der Waals surface area contributed by atoms with Crippen molar-refractivity contribution in [1.29, 1.82) is 0 Å². The van der Waals surface area contributed by atoms with Gasteiger partial charge in [0.05, 0.1) is 5.39 Å². The molecule has 7 heteroatoms. The summed E-state index contributed by atoms with van der Waals surface area (Å²) in [6.07, 6.45) is 1.52. The van der Waals surface area contributed by atoms with E-state index in [0.29, 0.717) is 18.0 Å². The minimum Gasteiger partial charge on any atom is -0.384 e. The minimum absolute atomic E-state index is 0.464. The lowest BCUT2D eigenvalue weighted by atomic mass is 10.1. The van der Waals surface area contributed by atoms with E-state index in [9.17, 15) is 0 Å². The molecule has 0 radical (unpaired) electrons. The van der Waals surface area contributed by atoms with Gasteiger partial charge in [0.25, 0.3) is 0 Å². The summed E-state index contributed by atoms with van der Waals surface area (Å²) >= 11 is 0. The molecule has 3 heterocycles. The number of hydrogen-bond donors (Lipinski definition) is 2. The van der Waals surface area contributed by atoms with Crippen LogP contribution in [0.25, 0.3) is 11.0 Å². The maximum absolute atomic E-state index is 5.77. The third-order valence-corrected chi connectivity index (χ3v) is 5.39. The lowest BCUT2D eigenvalue weighted by molar-refractivity contribution is 0.131. The van der Waals surface area contributed by atoms with Crippen molar-refractivity contribution in [2.45, 2.75) is 20.0 Å². The zero-order valence-electron chi connectivity index (χ0n) is 16.3. The van der Waals surface area contributed by atoms with Crippen LogP contribution >= 0.6 is 0 Å². The number of nitrogens with one attached hydrogen (secondary N) is 1. The number of nitrogen functional groups attached to an aromatic ring is 1. The van der Waals surface area contributed by atoms with Crippen molar-refractivity contribution in [2.24, 2.45) is 0 Å². The Labute approximate surface area is 165 Å². The highest BCUT2D eigenvalue weighted by atomic mass is 15.3. The first kappa shape index (κ1) is 18.6. The van der Waals surface area contributed by atoms with Crippen molar-refractivity contribution in [3.63, 3.8) is 0 Å². The summed E-state index contributed by atoms with van der Waals surface area (Å²) in [7, 11) is 0. The maximum atomic E-state index is 5.77. The van der Waals surface area contributed by atoms with Crippen molar-refractivity contribution in [2.75, 3.05) is 43.8 Å². The molecule has 1 fully saturated rings. The van der Waals surface area contributed by atoms with E-state index in [4.69, 9.17) is 5.73 Å². The summed E-state index contributed by atoms with van der Waals surface area (Å²) in [4.78, 5) is 17.9. The number of nitrogens with two attached hydrogens (primary N) is 1. The van der Waals surface area contributed by atoms with Gasteiger partial charge < -0.3 is 16.0 Å². The van der Waals surface area contributed by atoms with Crippen LogP contribution in [0.1, 0.15) is 18.1 Å². The van der Waals surface area contributed by atoms with Gasteiger partial charge in [0.1, 0.15) is 18.0 Å². The Hall–Kier alpha value is -2.77. The fourth-order valence-electron chi connectivity index (χ4n) is 3.67. The van der Waals surface area contributed by atoms with E-state index in [0.717, 1.165) is 50.5 Å². The van der Waals surface area contributed by atoms with E-state index < -0.39 is 0 Å². The first-order valence-corrected chi connectivity index (χ1v) is 9.85. The molecular formula is C21H27N7. The molecule has 3 N–H and O–H groups in total. The van der Waals surface area contributed by atoms with Crippen LogP contribution in [0.4, 0.5) is 11.6 Å². The third kappa shape index (κ3) is 4.21. The molecule has 3 aromatic rings. The number of anilines is 2. The van der Waals surface area contributed by atoms with Crippen LogP contribution < -0.4 is 11.1 Å². The number of rotatable bonds is 6. The lowest BCUT2D eigenvalue weighted by Crippen LogP contribution is -2.45. The summed E-state index contributed by atoms with van der Waals surface area (Å²) in [5, 5.41) is 4.34. The molecule has 0 amide bonds. The molecule has 1 saturated heterocycles. The molecule has 0 aliphatic carbocycles. The predicted molar refractivity (Wildman–Crippen MR) is 113 cm³/mol. The van der Waals surface area contributed by atoms with Crippen LogP contribution in [0, 0.1) is 0 Å². The van der Waals surface area contributed by atoms with Crippen LogP contribution in [-0.4, -0.2) is 57.5 Å². The number of aromatic nitrogens is 3. The fourth-order valence-corrected chi connectivity index (χ4v) is 3.67. The average Bonchev–Trinajstić information content (AvgIpc) is 2.73. The molecule has 0 bridgehead atoms.